The summed E-state index contributed by atoms with van der Waals surface area (Å²) < 4.78 is 11.2. The van der Waals surface area contributed by atoms with Gasteiger partial charge in [-0.05, 0) is 12.6 Å². The molecule has 0 radical (unpaired) electrons. The van der Waals surface area contributed by atoms with Gasteiger partial charge in [0.15, 0.2) is 0 Å². The second kappa shape index (κ2) is 5.01. The SMILES string of the molecule is BC1CC(OCC=C)C(CP)O1. The smallest absolute Gasteiger partial charge is 0.139 e. The third kappa shape index (κ3) is 2.58. The normalized spacial score (nSPS) is 35.2. The molecule has 1 heterocycles. The third-order valence-electron chi connectivity index (χ3n) is 2.05. The lowest BCUT2D eigenvalue weighted by Crippen LogP contribution is -2.25. The summed E-state index contributed by atoms with van der Waals surface area (Å²) in [5.41, 5.74) is 0. The molecule has 0 saturated carbocycles. The lowest BCUT2D eigenvalue weighted by molar-refractivity contribution is 0.00990. The van der Waals surface area contributed by atoms with Gasteiger partial charge in [0.1, 0.15) is 7.85 Å². The van der Waals surface area contributed by atoms with Crippen molar-refractivity contribution < 1.29 is 9.47 Å². The molecule has 4 unspecified atom stereocenters. The second-order valence-electron chi connectivity index (χ2n) is 3.12. The Morgan fingerprint density at radius 1 is 1.75 bits per heavy atom. The molecule has 0 aromatic carbocycles. The zero-order valence-corrected chi connectivity index (χ0v) is 8.69. The molecule has 1 aliphatic heterocycles. The minimum atomic E-state index is 0.255. The van der Waals surface area contributed by atoms with Crippen molar-refractivity contribution in [3.05, 3.63) is 12.7 Å². The number of rotatable bonds is 4. The van der Waals surface area contributed by atoms with Gasteiger partial charge in [-0.3, -0.25) is 0 Å². The van der Waals surface area contributed by atoms with Crippen LogP contribution in [0.1, 0.15) is 6.42 Å². The van der Waals surface area contributed by atoms with E-state index in [1.54, 1.807) is 6.08 Å². The number of hydrogen-bond donors (Lipinski definition) is 0. The third-order valence-corrected chi connectivity index (χ3v) is 2.51. The number of ether oxygens (including phenoxy) is 2. The van der Waals surface area contributed by atoms with Crippen LogP contribution < -0.4 is 0 Å². The van der Waals surface area contributed by atoms with Gasteiger partial charge in [-0.1, -0.05) is 6.08 Å². The maximum absolute atomic E-state index is 5.64. The van der Waals surface area contributed by atoms with Crippen LogP contribution in [0.15, 0.2) is 12.7 Å². The minimum absolute atomic E-state index is 0.255. The summed E-state index contributed by atoms with van der Waals surface area (Å²) in [6, 6.07) is 0.338. The van der Waals surface area contributed by atoms with Crippen LogP contribution in [0.4, 0.5) is 0 Å². The Labute approximate surface area is 77.3 Å². The van der Waals surface area contributed by atoms with Crippen molar-refractivity contribution in [1.29, 1.82) is 0 Å². The summed E-state index contributed by atoms with van der Waals surface area (Å²) in [7, 11) is 4.79. The van der Waals surface area contributed by atoms with Crippen LogP contribution in [0.2, 0.25) is 0 Å². The van der Waals surface area contributed by atoms with Gasteiger partial charge in [0.2, 0.25) is 0 Å². The Bertz CT molecular complexity index is 154. The van der Waals surface area contributed by atoms with E-state index in [0.717, 1.165) is 12.6 Å². The van der Waals surface area contributed by atoms with Crippen molar-refractivity contribution in [2.24, 2.45) is 0 Å². The lowest BCUT2D eigenvalue weighted by Gasteiger charge is -2.16. The standard InChI is InChI=1S/C8H16BO2P/c1-2-3-10-6-4-8(9)11-7(6)5-12/h2,6-8H,1,3-5,9,12H2. The molecule has 68 valence electrons. The van der Waals surface area contributed by atoms with Crippen LogP contribution in [0.3, 0.4) is 0 Å². The molecule has 0 bridgehead atoms. The van der Waals surface area contributed by atoms with Gasteiger partial charge in [-0.25, -0.2) is 0 Å². The summed E-state index contributed by atoms with van der Waals surface area (Å²) in [4.78, 5) is 0. The summed E-state index contributed by atoms with van der Waals surface area (Å²) in [6.07, 6.45) is 4.25. The Kier molecular flexibility index (Phi) is 4.27. The average Bonchev–Trinajstić information content (AvgIpc) is 2.42. The van der Waals surface area contributed by atoms with Crippen molar-refractivity contribution >= 4 is 17.1 Å². The molecule has 2 nitrogen and oxygen atoms in total. The topological polar surface area (TPSA) is 18.5 Å². The van der Waals surface area contributed by atoms with Crippen molar-refractivity contribution in [2.45, 2.75) is 24.6 Å². The maximum atomic E-state index is 5.64. The van der Waals surface area contributed by atoms with Gasteiger partial charge < -0.3 is 9.47 Å². The molecule has 0 amide bonds. The van der Waals surface area contributed by atoms with Crippen LogP contribution >= 0.6 is 9.24 Å². The highest BCUT2D eigenvalue weighted by Crippen LogP contribution is 2.22. The quantitative estimate of drug-likeness (QED) is 0.354. The summed E-state index contributed by atoms with van der Waals surface area (Å²) in [6.45, 7) is 4.25. The molecule has 0 aromatic heterocycles. The molecule has 1 fully saturated rings. The fourth-order valence-corrected chi connectivity index (χ4v) is 1.91. The van der Waals surface area contributed by atoms with Gasteiger partial charge in [-0.15, -0.1) is 15.8 Å². The minimum Gasteiger partial charge on any atom is -0.381 e. The zero-order chi connectivity index (χ0) is 8.97. The monoisotopic (exact) mass is 186 g/mol. The predicted octanol–water partition coefficient (Wildman–Crippen LogP) is 0.181. The van der Waals surface area contributed by atoms with Gasteiger partial charge >= 0.3 is 0 Å². The van der Waals surface area contributed by atoms with Crippen molar-refractivity contribution in [3.63, 3.8) is 0 Å². The first kappa shape index (κ1) is 10.2. The van der Waals surface area contributed by atoms with E-state index in [1.165, 1.54) is 0 Å². The highest BCUT2D eigenvalue weighted by Gasteiger charge is 2.31. The molecular formula is C8H16BO2P. The van der Waals surface area contributed by atoms with E-state index >= 15 is 0 Å². The van der Waals surface area contributed by atoms with Crippen LogP contribution in [0.25, 0.3) is 0 Å². The highest BCUT2D eigenvalue weighted by molar-refractivity contribution is 7.16. The first-order valence-electron chi connectivity index (χ1n) is 4.36. The molecule has 0 aliphatic carbocycles. The van der Waals surface area contributed by atoms with Gasteiger partial charge in [0.05, 0.1) is 18.8 Å². The first-order valence-corrected chi connectivity index (χ1v) is 5.17. The van der Waals surface area contributed by atoms with Crippen LogP contribution in [0.5, 0.6) is 0 Å². The van der Waals surface area contributed by atoms with Crippen molar-refractivity contribution in [1.82, 2.24) is 0 Å². The summed E-state index contributed by atoms with van der Waals surface area (Å²) >= 11 is 0. The Morgan fingerprint density at radius 3 is 3.08 bits per heavy atom. The van der Waals surface area contributed by atoms with Crippen LogP contribution in [-0.2, 0) is 9.47 Å². The summed E-state index contributed by atoms with van der Waals surface area (Å²) in [5, 5.41) is 0. The molecule has 1 rings (SSSR count). The Morgan fingerprint density at radius 2 is 2.50 bits per heavy atom. The number of hydrogen-bond acceptors (Lipinski definition) is 2. The predicted molar refractivity (Wildman–Crippen MR) is 56.3 cm³/mol. The van der Waals surface area contributed by atoms with Gasteiger partial charge in [-0.2, -0.15) is 0 Å². The fourth-order valence-electron chi connectivity index (χ4n) is 1.49. The van der Waals surface area contributed by atoms with E-state index < -0.39 is 0 Å². The average molecular weight is 186 g/mol. The van der Waals surface area contributed by atoms with E-state index in [2.05, 4.69) is 23.7 Å². The molecule has 0 spiro atoms. The van der Waals surface area contributed by atoms with Crippen molar-refractivity contribution in [3.8, 4) is 0 Å². The van der Waals surface area contributed by atoms with E-state index in [-0.39, 0.29) is 12.2 Å². The Balaban J connectivity index is 2.35. The van der Waals surface area contributed by atoms with E-state index in [4.69, 9.17) is 9.47 Å². The molecule has 4 heteroatoms. The molecule has 12 heavy (non-hydrogen) atoms. The zero-order valence-electron chi connectivity index (χ0n) is 7.53. The fraction of sp³-hybridized carbons (Fsp3) is 0.750. The molecule has 0 N–H and O–H groups in total. The summed E-state index contributed by atoms with van der Waals surface area (Å²) in [5.74, 6) is 0. The van der Waals surface area contributed by atoms with Gasteiger partial charge in [0, 0.05) is 6.00 Å². The molecule has 1 aliphatic rings. The molecule has 4 atom stereocenters. The Hall–Kier alpha value is 0.155. The molecule has 0 aromatic rings. The van der Waals surface area contributed by atoms with Crippen LogP contribution in [0, 0.1) is 0 Å². The molecule has 1 saturated heterocycles. The van der Waals surface area contributed by atoms with Crippen molar-refractivity contribution in [2.75, 3.05) is 12.8 Å². The second-order valence-corrected chi connectivity index (χ2v) is 3.59. The van der Waals surface area contributed by atoms with Gasteiger partial charge in [0.25, 0.3) is 0 Å². The highest BCUT2D eigenvalue weighted by atomic mass is 31.0. The van der Waals surface area contributed by atoms with E-state index in [9.17, 15) is 0 Å². The lowest BCUT2D eigenvalue weighted by atomic mass is 9.96. The molecular weight excluding hydrogens is 170 g/mol. The van der Waals surface area contributed by atoms with E-state index in [0.29, 0.717) is 12.6 Å². The van der Waals surface area contributed by atoms with E-state index in [1.807, 2.05) is 0 Å². The first-order chi connectivity index (χ1) is 5.77. The largest absolute Gasteiger partial charge is 0.381 e. The van der Waals surface area contributed by atoms with Crippen LogP contribution in [-0.4, -0.2) is 38.8 Å². The maximum Gasteiger partial charge on any atom is 0.139 e.